The zero-order chi connectivity index (χ0) is 16.1. The quantitative estimate of drug-likeness (QED) is 0.683. The molecule has 0 aliphatic rings. The van der Waals surface area contributed by atoms with E-state index < -0.39 is 11.9 Å². The third-order valence-electron chi connectivity index (χ3n) is 3.02. The molecule has 1 heterocycles. The van der Waals surface area contributed by atoms with Gasteiger partial charge in [0, 0.05) is 16.8 Å². The van der Waals surface area contributed by atoms with Crippen molar-refractivity contribution in [2.45, 2.75) is 0 Å². The molecule has 3 N–H and O–H groups in total. The molecule has 8 heteroatoms. The van der Waals surface area contributed by atoms with Gasteiger partial charge in [-0.1, -0.05) is 18.2 Å². The van der Waals surface area contributed by atoms with Gasteiger partial charge in [-0.15, -0.1) is 5.10 Å². The first-order valence-electron chi connectivity index (χ1n) is 6.74. The summed E-state index contributed by atoms with van der Waals surface area (Å²) in [4.78, 5) is 23.7. The number of imide groups is 1. The molecule has 0 spiro atoms. The van der Waals surface area contributed by atoms with Crippen molar-refractivity contribution in [2.24, 2.45) is 0 Å². The van der Waals surface area contributed by atoms with E-state index in [4.69, 9.17) is 0 Å². The molecule has 8 nitrogen and oxygen atoms in total. The number of hydrogen-bond donors (Lipinski definition) is 3. The molecule has 3 aromatic rings. The number of rotatable bonds is 3. The van der Waals surface area contributed by atoms with Crippen molar-refractivity contribution in [1.82, 2.24) is 25.9 Å². The summed E-state index contributed by atoms with van der Waals surface area (Å²) >= 11 is 0. The lowest BCUT2D eigenvalue weighted by Crippen LogP contribution is -2.34. The lowest BCUT2D eigenvalue weighted by Gasteiger charge is -2.07. The third kappa shape index (κ3) is 3.56. The van der Waals surface area contributed by atoms with Crippen LogP contribution in [-0.4, -0.2) is 32.6 Å². The van der Waals surface area contributed by atoms with Crippen LogP contribution in [0, 0.1) is 0 Å². The summed E-state index contributed by atoms with van der Waals surface area (Å²) < 4.78 is 0. The fourth-order valence-electron chi connectivity index (χ4n) is 1.92. The van der Waals surface area contributed by atoms with E-state index in [1.165, 1.54) is 0 Å². The van der Waals surface area contributed by atoms with Gasteiger partial charge in [0.1, 0.15) is 0 Å². The number of H-pyrrole nitrogens is 1. The van der Waals surface area contributed by atoms with Gasteiger partial charge in [-0.3, -0.25) is 10.1 Å². The highest BCUT2D eigenvalue weighted by molar-refractivity contribution is 6.07. The predicted octanol–water partition coefficient (Wildman–Crippen LogP) is 1.83. The molecule has 1 aromatic heterocycles. The smallest absolute Gasteiger partial charge is 0.308 e. The Balaban J connectivity index is 1.61. The van der Waals surface area contributed by atoms with Crippen LogP contribution in [0.25, 0.3) is 11.4 Å². The number of nitrogens with one attached hydrogen (secondary N) is 3. The number of anilines is 1. The Labute approximate surface area is 130 Å². The second kappa shape index (κ2) is 6.48. The van der Waals surface area contributed by atoms with Gasteiger partial charge in [-0.05, 0) is 46.8 Å². The molecule has 0 atom stereocenters. The molecular weight excluding hydrogens is 296 g/mol. The van der Waals surface area contributed by atoms with Crippen molar-refractivity contribution in [2.75, 3.05) is 5.32 Å². The number of amides is 3. The molecule has 0 radical (unpaired) electrons. The van der Waals surface area contributed by atoms with Crippen LogP contribution in [0.5, 0.6) is 0 Å². The molecule has 0 aliphatic heterocycles. The zero-order valence-corrected chi connectivity index (χ0v) is 11.9. The fraction of sp³-hybridized carbons (Fsp3) is 0. The molecule has 0 fully saturated rings. The van der Waals surface area contributed by atoms with Gasteiger partial charge >= 0.3 is 6.03 Å². The average Bonchev–Trinajstić information content (AvgIpc) is 3.11. The van der Waals surface area contributed by atoms with Gasteiger partial charge in [0.2, 0.25) is 0 Å². The van der Waals surface area contributed by atoms with Gasteiger partial charge in [0.05, 0.1) is 0 Å². The summed E-state index contributed by atoms with van der Waals surface area (Å²) in [5, 5.41) is 18.3. The Morgan fingerprint density at radius 2 is 1.70 bits per heavy atom. The predicted molar refractivity (Wildman–Crippen MR) is 82.5 cm³/mol. The molecule has 114 valence electrons. The second-order valence-corrected chi connectivity index (χ2v) is 4.60. The minimum atomic E-state index is -0.604. The molecule has 23 heavy (non-hydrogen) atoms. The van der Waals surface area contributed by atoms with Crippen LogP contribution < -0.4 is 10.6 Å². The van der Waals surface area contributed by atoms with Gasteiger partial charge in [-0.2, -0.15) is 0 Å². The zero-order valence-electron chi connectivity index (χ0n) is 11.9. The van der Waals surface area contributed by atoms with Crippen molar-refractivity contribution < 1.29 is 9.59 Å². The number of carbonyl (C=O) groups excluding carboxylic acids is 2. The number of aromatic amines is 1. The first kappa shape index (κ1) is 14.4. The highest BCUT2D eigenvalue weighted by Crippen LogP contribution is 2.16. The van der Waals surface area contributed by atoms with E-state index in [1.54, 1.807) is 54.6 Å². The summed E-state index contributed by atoms with van der Waals surface area (Å²) in [6.07, 6.45) is 0. The van der Waals surface area contributed by atoms with Crippen molar-refractivity contribution in [3.8, 4) is 11.4 Å². The van der Waals surface area contributed by atoms with E-state index in [2.05, 4.69) is 31.3 Å². The van der Waals surface area contributed by atoms with Gasteiger partial charge < -0.3 is 5.32 Å². The molecule has 3 amide bonds. The number of nitrogens with zero attached hydrogens (tertiary/aromatic N) is 3. The largest absolute Gasteiger partial charge is 0.326 e. The topological polar surface area (TPSA) is 113 Å². The molecule has 0 aliphatic carbocycles. The Bertz CT molecular complexity index is 800. The first-order valence-corrected chi connectivity index (χ1v) is 6.74. The number of tetrazole rings is 1. The molecule has 0 saturated heterocycles. The van der Waals surface area contributed by atoms with Crippen LogP contribution in [0.15, 0.2) is 54.6 Å². The summed E-state index contributed by atoms with van der Waals surface area (Å²) in [6.45, 7) is 0. The Hall–Kier alpha value is -3.55. The molecule has 3 rings (SSSR count). The maximum absolute atomic E-state index is 11.9. The fourth-order valence-corrected chi connectivity index (χ4v) is 1.92. The van der Waals surface area contributed by atoms with Crippen LogP contribution >= 0.6 is 0 Å². The van der Waals surface area contributed by atoms with Crippen molar-refractivity contribution >= 4 is 17.6 Å². The molecular formula is C15H12N6O2. The third-order valence-corrected chi connectivity index (χ3v) is 3.02. The first-order chi connectivity index (χ1) is 11.2. The summed E-state index contributed by atoms with van der Waals surface area (Å²) in [5.41, 5.74) is 1.73. The van der Waals surface area contributed by atoms with E-state index in [9.17, 15) is 9.59 Å². The Morgan fingerprint density at radius 3 is 2.35 bits per heavy atom. The molecule has 0 unspecified atom stereocenters. The maximum Gasteiger partial charge on any atom is 0.326 e. The molecule has 0 bridgehead atoms. The second-order valence-electron chi connectivity index (χ2n) is 4.60. The van der Waals surface area contributed by atoms with E-state index in [0.29, 0.717) is 17.1 Å². The average molecular weight is 308 g/mol. The van der Waals surface area contributed by atoms with Crippen LogP contribution in [-0.2, 0) is 0 Å². The minimum absolute atomic E-state index is 0.413. The standard InChI is InChI=1S/C15H12N6O2/c22-14(11-4-2-1-3-5-11)17-15(23)16-12-8-6-10(7-9-12)13-18-20-21-19-13/h1-9H,(H2,16,17,22,23)(H,18,19,20,21). The molecule has 0 saturated carbocycles. The van der Waals surface area contributed by atoms with Crippen LogP contribution in [0.1, 0.15) is 10.4 Å². The summed E-state index contributed by atoms with van der Waals surface area (Å²) in [5.74, 6) is 0.0627. The SMILES string of the molecule is O=C(NC(=O)c1ccccc1)Nc1ccc(-c2nnn[nH]2)cc1. The van der Waals surface area contributed by atoms with Crippen LogP contribution in [0.2, 0.25) is 0 Å². The molecule has 2 aromatic carbocycles. The lowest BCUT2D eigenvalue weighted by molar-refractivity contribution is 0.0967. The van der Waals surface area contributed by atoms with Crippen LogP contribution in [0.3, 0.4) is 0 Å². The van der Waals surface area contributed by atoms with E-state index in [-0.39, 0.29) is 0 Å². The highest BCUT2D eigenvalue weighted by atomic mass is 16.2. The van der Waals surface area contributed by atoms with Crippen LogP contribution in [0.4, 0.5) is 10.5 Å². The Morgan fingerprint density at radius 1 is 0.957 bits per heavy atom. The van der Waals surface area contributed by atoms with Gasteiger partial charge in [-0.25, -0.2) is 9.89 Å². The van der Waals surface area contributed by atoms with Crippen molar-refractivity contribution in [3.05, 3.63) is 60.2 Å². The normalized spacial score (nSPS) is 10.1. The number of urea groups is 1. The minimum Gasteiger partial charge on any atom is -0.308 e. The van der Waals surface area contributed by atoms with E-state index in [0.717, 1.165) is 5.56 Å². The van der Waals surface area contributed by atoms with Crippen molar-refractivity contribution in [1.29, 1.82) is 0 Å². The van der Waals surface area contributed by atoms with Gasteiger partial charge in [0.15, 0.2) is 5.82 Å². The number of benzene rings is 2. The number of aromatic nitrogens is 4. The van der Waals surface area contributed by atoms with E-state index >= 15 is 0 Å². The van der Waals surface area contributed by atoms with E-state index in [1.807, 2.05) is 0 Å². The number of carbonyl (C=O) groups is 2. The monoisotopic (exact) mass is 308 g/mol. The summed E-state index contributed by atoms with van der Waals surface area (Å²) in [6, 6.07) is 14.8. The number of hydrogen-bond acceptors (Lipinski definition) is 5. The lowest BCUT2D eigenvalue weighted by atomic mass is 10.2. The van der Waals surface area contributed by atoms with Gasteiger partial charge in [0.25, 0.3) is 5.91 Å². The Kier molecular flexibility index (Phi) is 4.05. The van der Waals surface area contributed by atoms with Crippen molar-refractivity contribution in [3.63, 3.8) is 0 Å². The summed E-state index contributed by atoms with van der Waals surface area (Å²) in [7, 11) is 0. The highest BCUT2D eigenvalue weighted by Gasteiger charge is 2.10. The maximum atomic E-state index is 11.9.